The molecular weight excluding hydrogens is 212 g/mol. The lowest BCUT2D eigenvalue weighted by molar-refractivity contribution is 0.00599. The summed E-state index contributed by atoms with van der Waals surface area (Å²) in [6, 6.07) is 0. The summed E-state index contributed by atoms with van der Waals surface area (Å²) >= 11 is 0. The molecular formula is C15H24O2. The van der Waals surface area contributed by atoms with E-state index in [1.54, 1.807) is 0 Å². The molecule has 2 nitrogen and oxygen atoms in total. The minimum absolute atomic E-state index is 0.0364. The molecule has 3 fully saturated rings. The molecule has 0 radical (unpaired) electrons. The van der Waals surface area contributed by atoms with E-state index < -0.39 is 0 Å². The molecule has 2 saturated carbocycles. The SMILES string of the molecule is C=C1CCC(C(C)C)C2C1C(O)CC1(C)OC21. The second-order valence-corrected chi connectivity index (χ2v) is 6.83. The Bertz CT molecular complexity index is 349. The maximum absolute atomic E-state index is 10.4. The van der Waals surface area contributed by atoms with Crippen LogP contribution >= 0.6 is 0 Å². The molecule has 3 rings (SSSR count). The van der Waals surface area contributed by atoms with Gasteiger partial charge < -0.3 is 9.84 Å². The highest BCUT2D eigenvalue weighted by Gasteiger charge is 2.65. The van der Waals surface area contributed by atoms with E-state index >= 15 is 0 Å². The Balaban J connectivity index is 1.93. The molecule has 2 aliphatic carbocycles. The van der Waals surface area contributed by atoms with Crippen LogP contribution in [-0.4, -0.2) is 22.9 Å². The molecule has 1 N–H and O–H groups in total. The number of hydrogen-bond acceptors (Lipinski definition) is 2. The Morgan fingerprint density at radius 2 is 2.18 bits per heavy atom. The van der Waals surface area contributed by atoms with Gasteiger partial charge in [-0.15, -0.1) is 0 Å². The van der Waals surface area contributed by atoms with Crippen LogP contribution in [-0.2, 0) is 4.74 Å². The molecule has 2 heteroatoms. The highest BCUT2D eigenvalue weighted by molar-refractivity contribution is 5.22. The van der Waals surface area contributed by atoms with Gasteiger partial charge in [0.25, 0.3) is 0 Å². The Labute approximate surface area is 104 Å². The van der Waals surface area contributed by atoms with Crippen molar-refractivity contribution in [3.8, 4) is 0 Å². The van der Waals surface area contributed by atoms with Gasteiger partial charge in [0.2, 0.25) is 0 Å². The standard InChI is InChI=1S/C15H24O2/c1-8(2)10-6-5-9(3)12-11(16)7-15(4)14(17-15)13(10)12/h8,10-14,16H,3,5-7H2,1-2,4H3. The average Bonchev–Trinajstić information content (AvgIpc) is 2.89. The maximum atomic E-state index is 10.4. The molecule has 6 atom stereocenters. The molecule has 0 aromatic carbocycles. The lowest BCUT2D eigenvalue weighted by Crippen LogP contribution is -2.48. The quantitative estimate of drug-likeness (QED) is 0.561. The van der Waals surface area contributed by atoms with Crippen molar-refractivity contribution in [2.45, 2.75) is 57.8 Å². The number of hydrogen-bond donors (Lipinski definition) is 1. The fraction of sp³-hybridized carbons (Fsp3) is 0.867. The minimum Gasteiger partial charge on any atom is -0.392 e. The van der Waals surface area contributed by atoms with E-state index in [0.29, 0.717) is 23.9 Å². The van der Waals surface area contributed by atoms with Crippen molar-refractivity contribution in [1.29, 1.82) is 0 Å². The number of aliphatic hydroxyl groups is 1. The second-order valence-electron chi connectivity index (χ2n) is 6.83. The van der Waals surface area contributed by atoms with Gasteiger partial charge in [0.1, 0.15) is 0 Å². The molecule has 0 spiro atoms. The van der Waals surface area contributed by atoms with Gasteiger partial charge in [-0.1, -0.05) is 26.0 Å². The van der Waals surface area contributed by atoms with E-state index in [4.69, 9.17) is 4.74 Å². The summed E-state index contributed by atoms with van der Waals surface area (Å²) in [5, 5.41) is 10.4. The first-order valence-corrected chi connectivity index (χ1v) is 6.97. The Kier molecular flexibility index (Phi) is 2.47. The third kappa shape index (κ3) is 1.61. The highest BCUT2D eigenvalue weighted by atomic mass is 16.6. The Morgan fingerprint density at radius 1 is 1.47 bits per heavy atom. The summed E-state index contributed by atoms with van der Waals surface area (Å²) in [5.74, 6) is 2.16. The van der Waals surface area contributed by atoms with Crippen LogP contribution < -0.4 is 0 Å². The maximum Gasteiger partial charge on any atom is 0.0948 e. The van der Waals surface area contributed by atoms with Crippen molar-refractivity contribution in [3.63, 3.8) is 0 Å². The van der Waals surface area contributed by atoms with Crippen molar-refractivity contribution < 1.29 is 9.84 Å². The van der Waals surface area contributed by atoms with Crippen LogP contribution in [0.15, 0.2) is 12.2 Å². The summed E-state index contributed by atoms with van der Waals surface area (Å²) < 4.78 is 5.93. The number of rotatable bonds is 1. The molecule has 0 amide bonds. The molecule has 1 heterocycles. The summed E-state index contributed by atoms with van der Waals surface area (Å²) in [6.45, 7) is 11.0. The van der Waals surface area contributed by atoms with Gasteiger partial charge >= 0.3 is 0 Å². The first-order valence-electron chi connectivity index (χ1n) is 6.97. The summed E-state index contributed by atoms with van der Waals surface area (Å²) in [6.07, 6.45) is 3.24. The van der Waals surface area contributed by atoms with Gasteiger partial charge in [-0.2, -0.15) is 0 Å². The zero-order valence-electron chi connectivity index (χ0n) is 11.1. The fourth-order valence-electron chi connectivity index (χ4n) is 4.42. The van der Waals surface area contributed by atoms with Gasteiger partial charge in [0, 0.05) is 18.3 Å². The third-order valence-electron chi connectivity index (χ3n) is 5.35. The summed E-state index contributed by atoms with van der Waals surface area (Å²) in [7, 11) is 0. The zero-order chi connectivity index (χ0) is 12.4. The number of aliphatic hydroxyl groups excluding tert-OH is 1. The van der Waals surface area contributed by atoms with Gasteiger partial charge in [-0.05, 0) is 31.6 Å². The third-order valence-corrected chi connectivity index (χ3v) is 5.35. The normalized spacial score (nSPS) is 53.2. The van der Waals surface area contributed by atoms with Gasteiger partial charge in [-0.25, -0.2) is 0 Å². The minimum atomic E-state index is -0.238. The monoisotopic (exact) mass is 236 g/mol. The molecule has 0 bridgehead atoms. The van der Waals surface area contributed by atoms with E-state index in [-0.39, 0.29) is 17.6 Å². The van der Waals surface area contributed by atoms with Crippen molar-refractivity contribution in [1.82, 2.24) is 0 Å². The van der Waals surface area contributed by atoms with Crippen molar-refractivity contribution in [2.24, 2.45) is 23.7 Å². The predicted molar refractivity (Wildman–Crippen MR) is 67.6 cm³/mol. The van der Waals surface area contributed by atoms with E-state index in [1.165, 1.54) is 12.0 Å². The molecule has 1 aliphatic heterocycles. The molecule has 0 aromatic heterocycles. The van der Waals surface area contributed by atoms with E-state index in [0.717, 1.165) is 12.8 Å². The largest absolute Gasteiger partial charge is 0.392 e. The lowest BCUT2D eigenvalue weighted by atomic mass is 9.58. The summed E-state index contributed by atoms with van der Waals surface area (Å²) in [5.41, 5.74) is 1.22. The van der Waals surface area contributed by atoms with Crippen molar-refractivity contribution in [3.05, 3.63) is 12.2 Å². The molecule has 0 aromatic rings. The fourth-order valence-corrected chi connectivity index (χ4v) is 4.42. The van der Waals surface area contributed by atoms with Crippen LogP contribution in [0.4, 0.5) is 0 Å². The van der Waals surface area contributed by atoms with Gasteiger partial charge in [0.05, 0.1) is 17.8 Å². The van der Waals surface area contributed by atoms with E-state index in [9.17, 15) is 5.11 Å². The van der Waals surface area contributed by atoms with Crippen LogP contribution in [0.3, 0.4) is 0 Å². The van der Waals surface area contributed by atoms with Crippen molar-refractivity contribution in [2.75, 3.05) is 0 Å². The highest BCUT2D eigenvalue weighted by Crippen LogP contribution is 2.59. The van der Waals surface area contributed by atoms with Gasteiger partial charge in [0.15, 0.2) is 0 Å². The van der Waals surface area contributed by atoms with Crippen LogP contribution in [0.25, 0.3) is 0 Å². The first-order chi connectivity index (χ1) is 7.94. The Morgan fingerprint density at radius 3 is 2.82 bits per heavy atom. The van der Waals surface area contributed by atoms with Crippen LogP contribution in [0.5, 0.6) is 0 Å². The topological polar surface area (TPSA) is 32.8 Å². The molecule has 1 saturated heterocycles. The Hall–Kier alpha value is -0.340. The number of epoxide rings is 1. The predicted octanol–water partition coefficient (Wildman–Crippen LogP) is 2.76. The van der Waals surface area contributed by atoms with E-state index in [2.05, 4.69) is 27.4 Å². The number of fused-ring (bicyclic) bond motifs is 3. The van der Waals surface area contributed by atoms with E-state index in [1.807, 2.05) is 0 Å². The second kappa shape index (κ2) is 3.58. The van der Waals surface area contributed by atoms with Crippen LogP contribution in [0.1, 0.15) is 40.0 Å². The average molecular weight is 236 g/mol. The van der Waals surface area contributed by atoms with Crippen molar-refractivity contribution >= 4 is 0 Å². The smallest absolute Gasteiger partial charge is 0.0948 e. The summed E-state index contributed by atoms with van der Waals surface area (Å²) in [4.78, 5) is 0. The lowest BCUT2D eigenvalue weighted by Gasteiger charge is -2.46. The van der Waals surface area contributed by atoms with Crippen LogP contribution in [0.2, 0.25) is 0 Å². The molecule has 6 unspecified atom stereocenters. The first kappa shape index (κ1) is 11.7. The zero-order valence-corrected chi connectivity index (χ0v) is 11.1. The molecule has 96 valence electrons. The number of ether oxygens (including phenoxy) is 1. The molecule has 3 aliphatic rings. The molecule has 17 heavy (non-hydrogen) atoms. The van der Waals surface area contributed by atoms with Gasteiger partial charge in [-0.3, -0.25) is 0 Å². The van der Waals surface area contributed by atoms with Crippen LogP contribution in [0, 0.1) is 23.7 Å².